The average Bonchev–Trinajstić information content (AvgIpc) is 2.56. The summed E-state index contributed by atoms with van der Waals surface area (Å²) in [5.41, 5.74) is 0.913. The van der Waals surface area contributed by atoms with Gasteiger partial charge in [0.15, 0.2) is 5.78 Å². The smallest absolute Gasteiger partial charge is 0.181 e. The molecule has 2 rings (SSSR count). The molecule has 0 atom stereocenters. The van der Waals surface area contributed by atoms with Crippen molar-refractivity contribution in [2.45, 2.75) is 6.92 Å². The van der Waals surface area contributed by atoms with Gasteiger partial charge < -0.3 is 4.74 Å². The summed E-state index contributed by atoms with van der Waals surface area (Å²) in [6, 6.07) is 3.51. The number of ether oxygens (including phenoxy) is 1. The number of hydrogen-bond donors (Lipinski definition) is 0. The molecule has 0 saturated carbocycles. The van der Waals surface area contributed by atoms with Gasteiger partial charge in [-0.3, -0.25) is 9.20 Å². The van der Waals surface area contributed by atoms with E-state index in [0.717, 1.165) is 0 Å². The zero-order valence-corrected chi connectivity index (χ0v) is 9.08. The Balaban J connectivity index is 2.72. The highest BCUT2D eigenvalue weighted by molar-refractivity contribution is 6.33. The molecule has 0 aliphatic rings. The highest BCUT2D eigenvalue weighted by Gasteiger charge is 2.13. The number of rotatable bonds is 2. The van der Waals surface area contributed by atoms with Crippen molar-refractivity contribution in [3.63, 3.8) is 0 Å². The van der Waals surface area contributed by atoms with Gasteiger partial charge in [-0.2, -0.15) is 0 Å². The Morgan fingerprint density at radius 2 is 2.27 bits per heavy atom. The summed E-state index contributed by atoms with van der Waals surface area (Å²) in [5.74, 6) is 0.513. The third-order valence-electron chi connectivity index (χ3n) is 2.10. The normalized spacial score (nSPS) is 10.6. The van der Waals surface area contributed by atoms with E-state index in [1.165, 1.54) is 6.92 Å². The van der Waals surface area contributed by atoms with Crippen LogP contribution in [0, 0.1) is 0 Å². The van der Waals surface area contributed by atoms with Gasteiger partial charge in [0.1, 0.15) is 22.2 Å². The lowest BCUT2D eigenvalue weighted by Crippen LogP contribution is -1.92. The SMILES string of the molecule is COc1ccc2nc(C(C)=O)c(Cl)n2c1. The van der Waals surface area contributed by atoms with Gasteiger partial charge in [-0.05, 0) is 12.1 Å². The number of Topliss-reactive ketones (excluding diaryl/α,β-unsaturated/α-hetero) is 1. The molecule has 0 unspecified atom stereocenters. The van der Waals surface area contributed by atoms with E-state index in [1.807, 2.05) is 0 Å². The molecule has 0 amide bonds. The van der Waals surface area contributed by atoms with Crippen LogP contribution in [0.3, 0.4) is 0 Å². The number of carbonyl (C=O) groups excluding carboxylic acids is 1. The van der Waals surface area contributed by atoms with Crippen LogP contribution in [0.5, 0.6) is 5.75 Å². The molecule has 4 nitrogen and oxygen atoms in total. The Bertz CT molecular complexity index is 533. The minimum absolute atomic E-state index is 0.150. The average molecular weight is 225 g/mol. The number of imidazole rings is 1. The molecule has 0 N–H and O–H groups in total. The maximum absolute atomic E-state index is 11.2. The van der Waals surface area contributed by atoms with Crippen molar-refractivity contribution in [2.24, 2.45) is 0 Å². The third-order valence-corrected chi connectivity index (χ3v) is 2.46. The first-order valence-corrected chi connectivity index (χ1v) is 4.74. The van der Waals surface area contributed by atoms with Crippen LogP contribution in [0.25, 0.3) is 5.65 Å². The van der Waals surface area contributed by atoms with Crippen molar-refractivity contribution in [3.8, 4) is 5.75 Å². The van der Waals surface area contributed by atoms with E-state index in [9.17, 15) is 4.79 Å². The molecule has 0 aliphatic heterocycles. The van der Waals surface area contributed by atoms with E-state index in [-0.39, 0.29) is 11.5 Å². The molecular formula is C10H9ClN2O2. The maximum Gasteiger partial charge on any atom is 0.181 e. The largest absolute Gasteiger partial charge is 0.495 e. The van der Waals surface area contributed by atoms with Crippen molar-refractivity contribution >= 4 is 23.0 Å². The lowest BCUT2D eigenvalue weighted by molar-refractivity contribution is 0.101. The van der Waals surface area contributed by atoms with Crippen LogP contribution in [0.2, 0.25) is 5.15 Å². The molecule has 0 bridgehead atoms. The van der Waals surface area contributed by atoms with Crippen LogP contribution in [-0.4, -0.2) is 22.3 Å². The minimum atomic E-state index is -0.150. The highest BCUT2D eigenvalue weighted by atomic mass is 35.5. The molecule has 0 fully saturated rings. The van der Waals surface area contributed by atoms with Crippen LogP contribution in [0.1, 0.15) is 17.4 Å². The fraction of sp³-hybridized carbons (Fsp3) is 0.200. The van der Waals surface area contributed by atoms with Crippen LogP contribution in [0.4, 0.5) is 0 Å². The van der Waals surface area contributed by atoms with Gasteiger partial charge >= 0.3 is 0 Å². The van der Waals surface area contributed by atoms with E-state index in [4.69, 9.17) is 16.3 Å². The Morgan fingerprint density at radius 3 is 2.87 bits per heavy atom. The lowest BCUT2D eigenvalue weighted by Gasteiger charge is -2.00. The van der Waals surface area contributed by atoms with Gasteiger partial charge in [-0.15, -0.1) is 0 Å². The van der Waals surface area contributed by atoms with Crippen LogP contribution >= 0.6 is 11.6 Å². The topological polar surface area (TPSA) is 43.6 Å². The predicted octanol–water partition coefficient (Wildman–Crippen LogP) is 2.20. The van der Waals surface area contributed by atoms with Gasteiger partial charge in [-0.25, -0.2) is 4.98 Å². The van der Waals surface area contributed by atoms with E-state index in [0.29, 0.717) is 16.5 Å². The molecule has 15 heavy (non-hydrogen) atoms. The highest BCUT2D eigenvalue weighted by Crippen LogP contribution is 2.21. The maximum atomic E-state index is 11.2. The predicted molar refractivity (Wildman–Crippen MR) is 56.8 cm³/mol. The quantitative estimate of drug-likeness (QED) is 0.735. The molecule has 2 aromatic rings. The van der Waals surface area contributed by atoms with Crippen LogP contribution < -0.4 is 4.74 Å². The Kier molecular flexibility index (Phi) is 2.36. The van der Waals surface area contributed by atoms with Gasteiger partial charge in [-0.1, -0.05) is 11.6 Å². The van der Waals surface area contributed by atoms with Crippen molar-refractivity contribution in [3.05, 3.63) is 29.2 Å². The zero-order valence-electron chi connectivity index (χ0n) is 8.32. The van der Waals surface area contributed by atoms with Crippen LogP contribution in [-0.2, 0) is 0 Å². The summed E-state index contributed by atoms with van der Waals surface area (Å²) in [6.45, 7) is 1.44. The molecule has 2 aromatic heterocycles. The fourth-order valence-corrected chi connectivity index (χ4v) is 1.65. The summed E-state index contributed by atoms with van der Waals surface area (Å²) < 4.78 is 6.68. The van der Waals surface area contributed by atoms with E-state index in [2.05, 4.69) is 4.98 Å². The van der Waals surface area contributed by atoms with Crippen LogP contribution in [0.15, 0.2) is 18.3 Å². The van der Waals surface area contributed by atoms with Crippen molar-refractivity contribution in [2.75, 3.05) is 7.11 Å². The first kappa shape index (κ1) is 9.98. The van der Waals surface area contributed by atoms with E-state index in [1.54, 1.807) is 29.8 Å². The zero-order chi connectivity index (χ0) is 11.0. The van der Waals surface area contributed by atoms with Crippen molar-refractivity contribution < 1.29 is 9.53 Å². The standard InChI is InChI=1S/C10H9ClN2O2/c1-6(14)9-10(11)13-5-7(15-2)3-4-8(13)12-9/h3-5H,1-2H3. The van der Waals surface area contributed by atoms with Crippen molar-refractivity contribution in [1.29, 1.82) is 0 Å². The van der Waals surface area contributed by atoms with Gasteiger partial charge in [0, 0.05) is 6.92 Å². The first-order valence-electron chi connectivity index (χ1n) is 4.36. The Labute approximate surface area is 91.4 Å². The number of aromatic nitrogens is 2. The number of hydrogen-bond acceptors (Lipinski definition) is 3. The summed E-state index contributed by atoms with van der Waals surface area (Å²) in [4.78, 5) is 15.3. The van der Waals surface area contributed by atoms with Crippen molar-refractivity contribution in [1.82, 2.24) is 9.38 Å². The first-order chi connectivity index (χ1) is 7.13. The molecule has 5 heteroatoms. The number of fused-ring (bicyclic) bond motifs is 1. The second-order valence-corrected chi connectivity index (χ2v) is 3.46. The van der Waals surface area contributed by atoms with Gasteiger partial charge in [0.2, 0.25) is 0 Å². The Morgan fingerprint density at radius 1 is 1.53 bits per heavy atom. The summed E-state index contributed by atoms with van der Waals surface area (Å²) in [7, 11) is 1.57. The number of methoxy groups -OCH3 is 1. The fourth-order valence-electron chi connectivity index (χ4n) is 1.34. The number of pyridine rings is 1. The molecule has 0 aliphatic carbocycles. The molecular weight excluding hydrogens is 216 g/mol. The molecule has 78 valence electrons. The lowest BCUT2D eigenvalue weighted by atomic mass is 10.3. The number of ketones is 1. The van der Waals surface area contributed by atoms with Gasteiger partial charge in [0.05, 0.1) is 13.3 Å². The molecule has 0 radical (unpaired) electrons. The summed E-state index contributed by atoms with van der Waals surface area (Å²) in [6.07, 6.45) is 1.69. The van der Waals surface area contributed by atoms with E-state index >= 15 is 0 Å². The Hall–Kier alpha value is -1.55. The van der Waals surface area contributed by atoms with E-state index < -0.39 is 0 Å². The number of nitrogens with zero attached hydrogens (tertiary/aromatic N) is 2. The summed E-state index contributed by atoms with van der Waals surface area (Å²) in [5, 5.41) is 0.316. The monoisotopic (exact) mass is 224 g/mol. The number of halogens is 1. The second-order valence-electron chi connectivity index (χ2n) is 3.10. The second kappa shape index (κ2) is 3.55. The molecule has 2 heterocycles. The summed E-state index contributed by atoms with van der Waals surface area (Å²) >= 11 is 6.01. The third kappa shape index (κ3) is 1.57. The molecule has 0 saturated heterocycles. The number of carbonyl (C=O) groups is 1. The molecule has 0 aromatic carbocycles. The van der Waals surface area contributed by atoms with Gasteiger partial charge in [0.25, 0.3) is 0 Å². The molecule has 0 spiro atoms. The minimum Gasteiger partial charge on any atom is -0.495 e.